The first-order chi connectivity index (χ1) is 7.43. The molecule has 2 aliphatic rings. The first kappa shape index (κ1) is 9.33. The molecule has 2 unspecified atom stereocenters. The molecule has 0 bridgehead atoms. The molecule has 2 heterocycles. The van der Waals surface area contributed by atoms with Crippen molar-refractivity contribution in [3.8, 4) is 0 Å². The number of ether oxygens (including phenoxy) is 2. The van der Waals surface area contributed by atoms with Crippen LogP contribution in [0.1, 0.15) is 5.56 Å². The Hall–Kier alpha value is -0.900. The van der Waals surface area contributed by atoms with Gasteiger partial charge < -0.3 is 14.8 Å². The zero-order chi connectivity index (χ0) is 10.1. The lowest BCUT2D eigenvalue weighted by Gasteiger charge is -2.13. The zero-order valence-electron chi connectivity index (χ0n) is 8.56. The van der Waals surface area contributed by atoms with Crippen LogP contribution in [0.3, 0.4) is 0 Å². The molecular formula is C12H15NO2. The summed E-state index contributed by atoms with van der Waals surface area (Å²) in [6.07, 6.45) is 0.752. The van der Waals surface area contributed by atoms with Gasteiger partial charge in [0.1, 0.15) is 0 Å². The van der Waals surface area contributed by atoms with E-state index in [1.54, 1.807) is 0 Å². The van der Waals surface area contributed by atoms with Gasteiger partial charge in [0.25, 0.3) is 0 Å². The smallest absolute Gasteiger partial charge is 0.0988 e. The van der Waals surface area contributed by atoms with Crippen LogP contribution in [-0.2, 0) is 16.0 Å². The van der Waals surface area contributed by atoms with Gasteiger partial charge >= 0.3 is 0 Å². The molecule has 0 aliphatic carbocycles. The van der Waals surface area contributed by atoms with Crippen molar-refractivity contribution >= 4 is 0 Å². The van der Waals surface area contributed by atoms with Crippen LogP contribution in [-0.4, -0.2) is 31.5 Å². The van der Waals surface area contributed by atoms with Crippen molar-refractivity contribution in [2.24, 2.45) is 0 Å². The Morgan fingerprint density at radius 3 is 2.27 bits per heavy atom. The van der Waals surface area contributed by atoms with Crippen molar-refractivity contribution in [1.29, 1.82) is 0 Å². The Morgan fingerprint density at radius 2 is 1.73 bits per heavy atom. The van der Waals surface area contributed by atoms with Crippen molar-refractivity contribution < 1.29 is 9.47 Å². The summed E-state index contributed by atoms with van der Waals surface area (Å²) in [5.41, 5.74) is 1.31. The predicted octanol–water partition coefficient (Wildman–Crippen LogP) is 0.942. The minimum absolute atomic E-state index is 0.376. The van der Waals surface area contributed by atoms with Crippen molar-refractivity contribution in [3.05, 3.63) is 35.9 Å². The Balaban J connectivity index is 1.55. The number of hydrogen-bond acceptors (Lipinski definition) is 3. The summed E-state index contributed by atoms with van der Waals surface area (Å²) in [5.74, 6) is 0. The molecule has 2 atom stereocenters. The van der Waals surface area contributed by atoms with Crippen molar-refractivity contribution in [3.63, 3.8) is 0 Å². The van der Waals surface area contributed by atoms with Crippen LogP contribution >= 0.6 is 0 Å². The maximum atomic E-state index is 5.32. The predicted molar refractivity (Wildman–Crippen MR) is 56.5 cm³/mol. The largest absolute Gasteiger partial charge is 0.371 e. The lowest BCUT2D eigenvalue weighted by molar-refractivity contribution is 0.279. The quantitative estimate of drug-likeness (QED) is 0.727. The van der Waals surface area contributed by atoms with Crippen LogP contribution in [0.25, 0.3) is 0 Å². The highest BCUT2D eigenvalue weighted by atomic mass is 16.6. The molecule has 3 nitrogen and oxygen atoms in total. The van der Waals surface area contributed by atoms with Crippen molar-refractivity contribution in [1.82, 2.24) is 5.32 Å². The SMILES string of the molecule is c1ccc(CNC(C2CO2)C2CO2)cc1. The molecule has 0 saturated carbocycles. The molecule has 0 aromatic heterocycles. The highest BCUT2D eigenvalue weighted by molar-refractivity contribution is 5.14. The van der Waals surface area contributed by atoms with Crippen LogP contribution in [0.2, 0.25) is 0 Å². The fraction of sp³-hybridized carbons (Fsp3) is 0.500. The number of nitrogens with one attached hydrogen (secondary N) is 1. The highest BCUT2D eigenvalue weighted by Crippen LogP contribution is 2.25. The number of rotatable bonds is 5. The molecule has 3 rings (SSSR count). The van der Waals surface area contributed by atoms with E-state index in [0.29, 0.717) is 18.2 Å². The van der Waals surface area contributed by atoms with E-state index in [-0.39, 0.29) is 0 Å². The molecule has 1 N–H and O–H groups in total. The average Bonchev–Trinajstić information content (AvgIpc) is 3.14. The van der Waals surface area contributed by atoms with Gasteiger partial charge in [0, 0.05) is 6.54 Å². The van der Waals surface area contributed by atoms with E-state index in [9.17, 15) is 0 Å². The second-order valence-corrected chi connectivity index (χ2v) is 4.14. The maximum absolute atomic E-state index is 5.32. The van der Waals surface area contributed by atoms with Gasteiger partial charge in [0.2, 0.25) is 0 Å². The van der Waals surface area contributed by atoms with Gasteiger partial charge in [-0.25, -0.2) is 0 Å². The first-order valence-electron chi connectivity index (χ1n) is 5.44. The average molecular weight is 205 g/mol. The Morgan fingerprint density at radius 1 is 1.13 bits per heavy atom. The molecule has 0 radical (unpaired) electrons. The molecule has 0 spiro atoms. The summed E-state index contributed by atoms with van der Waals surface area (Å²) in [7, 11) is 0. The summed E-state index contributed by atoms with van der Waals surface area (Å²) in [5, 5.41) is 3.51. The fourth-order valence-corrected chi connectivity index (χ4v) is 1.86. The minimum atomic E-state index is 0.376. The van der Waals surface area contributed by atoms with Crippen molar-refractivity contribution in [2.45, 2.75) is 24.8 Å². The summed E-state index contributed by atoms with van der Waals surface area (Å²) < 4.78 is 10.6. The second-order valence-electron chi connectivity index (χ2n) is 4.14. The topological polar surface area (TPSA) is 37.1 Å². The summed E-state index contributed by atoms with van der Waals surface area (Å²) in [4.78, 5) is 0. The van der Waals surface area contributed by atoms with Crippen LogP contribution in [0, 0.1) is 0 Å². The van der Waals surface area contributed by atoms with Gasteiger partial charge in [-0.3, -0.25) is 0 Å². The van der Waals surface area contributed by atoms with E-state index in [2.05, 4.69) is 29.6 Å². The second kappa shape index (κ2) is 3.93. The Labute approximate surface area is 89.4 Å². The normalized spacial score (nSPS) is 29.9. The highest BCUT2D eigenvalue weighted by Gasteiger charge is 2.43. The van der Waals surface area contributed by atoms with E-state index in [4.69, 9.17) is 9.47 Å². The maximum Gasteiger partial charge on any atom is 0.0988 e. The van der Waals surface area contributed by atoms with Crippen LogP contribution < -0.4 is 5.32 Å². The van der Waals surface area contributed by atoms with E-state index in [0.717, 1.165) is 19.8 Å². The molecule has 2 fully saturated rings. The van der Waals surface area contributed by atoms with Crippen LogP contribution in [0.15, 0.2) is 30.3 Å². The number of benzene rings is 1. The Bertz CT molecular complexity index is 308. The zero-order valence-corrected chi connectivity index (χ0v) is 8.56. The van der Waals surface area contributed by atoms with Gasteiger partial charge in [-0.05, 0) is 5.56 Å². The van der Waals surface area contributed by atoms with Crippen LogP contribution in [0.4, 0.5) is 0 Å². The van der Waals surface area contributed by atoms with Gasteiger partial charge in [0.05, 0.1) is 31.5 Å². The molecular weight excluding hydrogens is 190 g/mol. The summed E-state index contributed by atoms with van der Waals surface area (Å²) in [6, 6.07) is 10.8. The summed E-state index contributed by atoms with van der Waals surface area (Å²) >= 11 is 0. The molecule has 3 heteroatoms. The Kier molecular flexibility index (Phi) is 2.44. The minimum Gasteiger partial charge on any atom is -0.371 e. The van der Waals surface area contributed by atoms with Crippen LogP contribution in [0.5, 0.6) is 0 Å². The monoisotopic (exact) mass is 205 g/mol. The molecule has 80 valence electrons. The first-order valence-corrected chi connectivity index (χ1v) is 5.44. The molecule has 15 heavy (non-hydrogen) atoms. The van der Waals surface area contributed by atoms with Gasteiger partial charge in [0.15, 0.2) is 0 Å². The van der Waals surface area contributed by atoms with E-state index < -0.39 is 0 Å². The number of epoxide rings is 2. The van der Waals surface area contributed by atoms with E-state index >= 15 is 0 Å². The lowest BCUT2D eigenvalue weighted by atomic mass is 10.1. The fourth-order valence-electron chi connectivity index (χ4n) is 1.86. The van der Waals surface area contributed by atoms with Gasteiger partial charge in [-0.2, -0.15) is 0 Å². The molecule has 2 saturated heterocycles. The van der Waals surface area contributed by atoms with E-state index in [1.165, 1.54) is 5.56 Å². The number of hydrogen-bond donors (Lipinski definition) is 1. The van der Waals surface area contributed by atoms with Gasteiger partial charge in [-0.1, -0.05) is 30.3 Å². The lowest BCUT2D eigenvalue weighted by Crippen LogP contribution is -2.38. The molecule has 1 aromatic carbocycles. The van der Waals surface area contributed by atoms with Crippen molar-refractivity contribution in [2.75, 3.05) is 13.2 Å². The molecule has 2 aliphatic heterocycles. The summed E-state index contributed by atoms with van der Waals surface area (Å²) in [6.45, 7) is 2.66. The molecule has 0 amide bonds. The third kappa shape index (κ3) is 2.37. The molecule has 1 aromatic rings. The van der Waals surface area contributed by atoms with Gasteiger partial charge in [-0.15, -0.1) is 0 Å². The third-order valence-electron chi connectivity index (χ3n) is 2.90. The standard InChI is InChI=1S/C12H15NO2/c1-2-4-9(5-3-1)6-13-12(10-7-14-10)11-8-15-11/h1-5,10-13H,6-8H2. The van der Waals surface area contributed by atoms with E-state index in [1.807, 2.05) is 6.07 Å². The third-order valence-corrected chi connectivity index (χ3v) is 2.90.